The van der Waals surface area contributed by atoms with Crippen molar-refractivity contribution in [3.05, 3.63) is 41.3 Å². The summed E-state index contributed by atoms with van der Waals surface area (Å²) in [6.07, 6.45) is 1.36. The van der Waals surface area contributed by atoms with Crippen LogP contribution >= 0.6 is 11.3 Å². The first kappa shape index (κ1) is 13.9. The number of rotatable bonds is 1. The van der Waals surface area contributed by atoms with Crippen molar-refractivity contribution in [1.29, 1.82) is 0 Å². The fourth-order valence-electron chi connectivity index (χ4n) is 2.34. The van der Waals surface area contributed by atoms with E-state index in [9.17, 15) is 9.50 Å². The van der Waals surface area contributed by atoms with Crippen molar-refractivity contribution in [2.24, 2.45) is 0 Å². The lowest BCUT2D eigenvalue weighted by molar-refractivity contribution is 0.459. The summed E-state index contributed by atoms with van der Waals surface area (Å²) < 4.78 is 13.2. The Morgan fingerprint density at radius 2 is 1.76 bits per heavy atom. The van der Waals surface area contributed by atoms with Gasteiger partial charge in [0.1, 0.15) is 17.0 Å². The van der Waals surface area contributed by atoms with Crippen molar-refractivity contribution in [2.75, 3.05) is 0 Å². The Balaban J connectivity index is 2.40. The topological polar surface area (TPSA) is 46.0 Å². The number of aromatic nitrogens is 2. The Hall–Kier alpha value is -2.01. The van der Waals surface area contributed by atoms with Crippen molar-refractivity contribution in [2.45, 2.75) is 26.2 Å². The Morgan fingerprint density at radius 1 is 1.10 bits per heavy atom. The third-order valence-electron chi connectivity index (χ3n) is 3.28. The maximum atomic E-state index is 13.2. The summed E-state index contributed by atoms with van der Waals surface area (Å²) in [4.78, 5) is 9.98. The summed E-state index contributed by atoms with van der Waals surface area (Å²) in [6.45, 7) is 6.32. The quantitative estimate of drug-likeness (QED) is 0.720. The zero-order chi connectivity index (χ0) is 15.2. The lowest BCUT2D eigenvalue weighted by Crippen LogP contribution is -2.09. The van der Waals surface area contributed by atoms with Crippen molar-refractivity contribution in [1.82, 2.24) is 9.97 Å². The fourth-order valence-corrected chi connectivity index (χ4v) is 3.55. The average Bonchev–Trinajstić information content (AvgIpc) is 2.80. The van der Waals surface area contributed by atoms with Gasteiger partial charge in [-0.2, -0.15) is 0 Å². The number of nitrogens with zero attached hydrogens (tertiary/aromatic N) is 2. The molecule has 0 fully saturated rings. The van der Waals surface area contributed by atoms with Crippen molar-refractivity contribution in [3.8, 4) is 17.0 Å². The van der Waals surface area contributed by atoms with E-state index < -0.39 is 0 Å². The molecule has 3 nitrogen and oxygen atoms in total. The molecule has 0 radical (unpaired) electrons. The molecule has 0 saturated heterocycles. The van der Waals surface area contributed by atoms with E-state index in [0.29, 0.717) is 5.39 Å². The summed E-state index contributed by atoms with van der Waals surface area (Å²) in [5.41, 5.74) is 1.64. The molecule has 5 heteroatoms. The SMILES string of the molecule is CC(C)(C)c1sc2ncnc(O)c2c1-c1ccc(F)cc1. The molecule has 108 valence electrons. The van der Waals surface area contributed by atoms with Crippen LogP contribution in [0.4, 0.5) is 4.39 Å². The molecular weight excluding hydrogens is 287 g/mol. The van der Waals surface area contributed by atoms with Crippen molar-refractivity contribution in [3.63, 3.8) is 0 Å². The van der Waals surface area contributed by atoms with E-state index in [2.05, 4.69) is 30.7 Å². The third-order valence-corrected chi connectivity index (χ3v) is 4.81. The second-order valence-corrected chi connectivity index (χ2v) is 6.94. The molecule has 0 saturated carbocycles. The van der Waals surface area contributed by atoms with Crippen LogP contribution in [0, 0.1) is 5.82 Å². The van der Waals surface area contributed by atoms with Gasteiger partial charge in [0.15, 0.2) is 0 Å². The van der Waals surface area contributed by atoms with Gasteiger partial charge in [-0.1, -0.05) is 32.9 Å². The Morgan fingerprint density at radius 3 is 2.38 bits per heavy atom. The van der Waals surface area contributed by atoms with E-state index in [-0.39, 0.29) is 17.1 Å². The van der Waals surface area contributed by atoms with Crippen LogP contribution in [0.1, 0.15) is 25.6 Å². The van der Waals surface area contributed by atoms with Gasteiger partial charge in [-0.25, -0.2) is 14.4 Å². The van der Waals surface area contributed by atoms with Gasteiger partial charge in [-0.3, -0.25) is 0 Å². The maximum Gasteiger partial charge on any atom is 0.223 e. The summed E-state index contributed by atoms with van der Waals surface area (Å²) in [5, 5.41) is 10.8. The van der Waals surface area contributed by atoms with Crippen LogP contribution in [-0.2, 0) is 5.41 Å². The van der Waals surface area contributed by atoms with Crippen molar-refractivity contribution >= 4 is 21.6 Å². The number of aromatic hydroxyl groups is 1. The first-order valence-electron chi connectivity index (χ1n) is 6.61. The maximum absolute atomic E-state index is 13.2. The van der Waals surface area contributed by atoms with Crippen molar-refractivity contribution < 1.29 is 9.50 Å². The minimum absolute atomic E-state index is 0.0360. The highest BCUT2D eigenvalue weighted by Gasteiger charge is 2.26. The first-order chi connectivity index (χ1) is 9.88. The molecule has 0 aliphatic rings. The minimum atomic E-state index is -0.281. The summed E-state index contributed by atoms with van der Waals surface area (Å²) in [5.74, 6) is -0.317. The predicted octanol–water partition coefficient (Wildman–Crippen LogP) is 4.50. The summed E-state index contributed by atoms with van der Waals surface area (Å²) in [6, 6.07) is 6.29. The zero-order valence-corrected chi connectivity index (χ0v) is 12.8. The van der Waals surface area contributed by atoms with Gasteiger partial charge in [0, 0.05) is 10.4 Å². The number of hydrogen-bond donors (Lipinski definition) is 1. The second kappa shape index (κ2) is 4.77. The van der Waals surface area contributed by atoms with E-state index in [1.54, 1.807) is 12.1 Å². The predicted molar refractivity (Wildman–Crippen MR) is 83.2 cm³/mol. The van der Waals surface area contributed by atoms with Gasteiger partial charge >= 0.3 is 0 Å². The highest BCUT2D eigenvalue weighted by atomic mass is 32.1. The van der Waals surface area contributed by atoms with Gasteiger partial charge in [0.05, 0.1) is 5.39 Å². The first-order valence-corrected chi connectivity index (χ1v) is 7.42. The van der Waals surface area contributed by atoms with E-state index >= 15 is 0 Å². The number of fused-ring (bicyclic) bond motifs is 1. The van der Waals surface area contributed by atoms with E-state index in [0.717, 1.165) is 20.8 Å². The van der Waals surface area contributed by atoms with Crippen LogP contribution in [0.15, 0.2) is 30.6 Å². The molecule has 21 heavy (non-hydrogen) atoms. The Bertz CT molecular complexity index is 803. The van der Waals surface area contributed by atoms with Gasteiger partial charge < -0.3 is 5.11 Å². The second-order valence-electron chi connectivity index (χ2n) is 5.94. The molecule has 0 unspecified atom stereocenters. The van der Waals surface area contributed by atoms with Crippen LogP contribution in [-0.4, -0.2) is 15.1 Å². The van der Waals surface area contributed by atoms with Crippen LogP contribution < -0.4 is 0 Å². The summed E-state index contributed by atoms with van der Waals surface area (Å²) in [7, 11) is 0. The van der Waals surface area contributed by atoms with Gasteiger partial charge in [-0.15, -0.1) is 11.3 Å². The molecule has 0 aliphatic heterocycles. The molecule has 3 aromatic rings. The normalized spacial score (nSPS) is 12.0. The number of hydrogen-bond acceptors (Lipinski definition) is 4. The number of halogens is 1. The molecule has 0 aliphatic carbocycles. The molecule has 1 N–H and O–H groups in total. The fraction of sp³-hybridized carbons (Fsp3) is 0.250. The third kappa shape index (κ3) is 2.38. The van der Waals surface area contributed by atoms with E-state index in [1.807, 2.05) is 0 Å². The average molecular weight is 302 g/mol. The van der Waals surface area contributed by atoms with Crippen LogP contribution in [0.2, 0.25) is 0 Å². The van der Waals surface area contributed by atoms with Crippen LogP contribution in [0.3, 0.4) is 0 Å². The Kier molecular flexibility index (Phi) is 3.17. The smallest absolute Gasteiger partial charge is 0.223 e. The lowest BCUT2D eigenvalue weighted by atomic mass is 9.88. The van der Waals surface area contributed by atoms with Crippen LogP contribution in [0.25, 0.3) is 21.3 Å². The van der Waals surface area contributed by atoms with Gasteiger partial charge in [0.2, 0.25) is 5.88 Å². The standard InChI is InChI=1S/C16H15FN2OS/c1-16(2,3)13-11(9-4-6-10(17)7-5-9)12-14(20)18-8-19-15(12)21-13/h4-8H,1-3H3,(H,18,19,20). The molecule has 0 spiro atoms. The molecule has 2 aromatic heterocycles. The Labute approximate surface area is 126 Å². The number of thiophene rings is 1. The minimum Gasteiger partial charge on any atom is -0.493 e. The molecule has 0 atom stereocenters. The number of benzene rings is 1. The van der Waals surface area contributed by atoms with E-state index in [1.165, 1.54) is 29.8 Å². The summed E-state index contributed by atoms with van der Waals surface area (Å²) >= 11 is 1.54. The van der Waals surface area contributed by atoms with E-state index in [4.69, 9.17) is 0 Å². The van der Waals surface area contributed by atoms with Crippen LogP contribution in [0.5, 0.6) is 5.88 Å². The zero-order valence-electron chi connectivity index (χ0n) is 12.0. The monoisotopic (exact) mass is 302 g/mol. The molecule has 0 bridgehead atoms. The van der Waals surface area contributed by atoms with Gasteiger partial charge in [0.25, 0.3) is 0 Å². The highest BCUT2D eigenvalue weighted by Crippen LogP contribution is 2.46. The molecular formula is C16H15FN2OS. The largest absolute Gasteiger partial charge is 0.493 e. The molecule has 3 rings (SSSR count). The lowest BCUT2D eigenvalue weighted by Gasteiger charge is -2.19. The molecule has 0 amide bonds. The molecule has 2 heterocycles. The highest BCUT2D eigenvalue weighted by molar-refractivity contribution is 7.19. The molecule has 1 aromatic carbocycles. The van der Waals surface area contributed by atoms with Gasteiger partial charge in [-0.05, 0) is 23.1 Å².